The highest BCUT2D eigenvalue weighted by Crippen LogP contribution is 2.10. The van der Waals surface area contributed by atoms with Crippen LogP contribution < -0.4 is 5.32 Å². The highest BCUT2D eigenvalue weighted by Gasteiger charge is 2.20. The van der Waals surface area contributed by atoms with Crippen molar-refractivity contribution in [2.24, 2.45) is 0 Å². The van der Waals surface area contributed by atoms with Crippen molar-refractivity contribution in [3.8, 4) is 0 Å². The number of carbonyl (C=O) groups is 3. The molecule has 2 N–H and O–H groups in total. The zero-order chi connectivity index (χ0) is 14.4. The average Bonchev–Trinajstić information content (AvgIpc) is 2.65. The third kappa shape index (κ3) is 4.59. The zero-order valence-corrected chi connectivity index (χ0v) is 11.9. The molecule has 0 unspecified atom stereocenters. The number of rotatable bonds is 2. The molecule has 106 valence electrons. The van der Waals surface area contributed by atoms with E-state index in [9.17, 15) is 14.4 Å². The van der Waals surface area contributed by atoms with E-state index in [1.165, 1.54) is 13.8 Å². The second-order valence-corrected chi connectivity index (χ2v) is 5.49. The molecule has 19 heavy (non-hydrogen) atoms. The first-order chi connectivity index (χ1) is 8.93. The van der Waals surface area contributed by atoms with Crippen LogP contribution in [0.15, 0.2) is 11.1 Å². The van der Waals surface area contributed by atoms with Gasteiger partial charge in [0.15, 0.2) is 0 Å². The van der Waals surface area contributed by atoms with Gasteiger partial charge in [-0.25, -0.2) is 9.59 Å². The highest BCUT2D eigenvalue weighted by molar-refractivity contribution is 7.99. The summed E-state index contributed by atoms with van der Waals surface area (Å²) in [6.07, 6.45) is 0.898. The van der Waals surface area contributed by atoms with E-state index in [2.05, 4.69) is 5.32 Å². The summed E-state index contributed by atoms with van der Waals surface area (Å²) in [6.45, 7) is 3.95. The number of thioether (sulfide) groups is 1. The highest BCUT2D eigenvalue weighted by atomic mass is 32.2. The molecule has 0 atom stereocenters. The molecule has 0 saturated carbocycles. The molecule has 3 amide bonds. The van der Waals surface area contributed by atoms with Gasteiger partial charge in [0.1, 0.15) is 0 Å². The summed E-state index contributed by atoms with van der Waals surface area (Å²) in [7, 11) is 0. The van der Waals surface area contributed by atoms with Crippen molar-refractivity contribution in [1.82, 2.24) is 10.2 Å². The van der Waals surface area contributed by atoms with Crippen LogP contribution >= 0.6 is 11.8 Å². The third-order valence-electron chi connectivity index (χ3n) is 2.95. The number of carbonyl (C=O) groups excluding carboxylic acids is 2. The minimum Gasteiger partial charge on any atom is -0.478 e. The summed E-state index contributed by atoms with van der Waals surface area (Å²) >= 11 is 1.78. The minimum absolute atomic E-state index is 0.0463. The lowest BCUT2D eigenvalue weighted by molar-refractivity contribution is -0.133. The second kappa shape index (κ2) is 7.18. The normalized spacial score (nSPS) is 17.3. The van der Waals surface area contributed by atoms with E-state index in [-0.39, 0.29) is 11.1 Å². The van der Waals surface area contributed by atoms with Gasteiger partial charge in [0.05, 0.1) is 0 Å². The molecule has 1 fully saturated rings. The van der Waals surface area contributed by atoms with Crippen molar-refractivity contribution in [1.29, 1.82) is 0 Å². The molecular formula is C12H18N2O4S. The van der Waals surface area contributed by atoms with Gasteiger partial charge in [-0.3, -0.25) is 10.1 Å². The Hall–Kier alpha value is -1.50. The molecule has 1 heterocycles. The summed E-state index contributed by atoms with van der Waals surface area (Å²) in [6, 6.07) is -0.454. The molecular weight excluding hydrogens is 268 g/mol. The van der Waals surface area contributed by atoms with Crippen LogP contribution in [-0.2, 0) is 9.59 Å². The molecule has 0 aliphatic carbocycles. The van der Waals surface area contributed by atoms with Crippen molar-refractivity contribution in [3.05, 3.63) is 11.1 Å². The number of hydrogen-bond acceptors (Lipinski definition) is 4. The largest absolute Gasteiger partial charge is 0.478 e. The number of hydrogen-bond donors (Lipinski definition) is 2. The Labute approximate surface area is 116 Å². The fourth-order valence-corrected chi connectivity index (χ4v) is 2.44. The van der Waals surface area contributed by atoms with Crippen LogP contribution in [0.2, 0.25) is 0 Å². The van der Waals surface area contributed by atoms with Crippen LogP contribution in [0.3, 0.4) is 0 Å². The van der Waals surface area contributed by atoms with Gasteiger partial charge in [-0.1, -0.05) is 0 Å². The summed E-state index contributed by atoms with van der Waals surface area (Å²) in [5.74, 6) is 0.0485. The summed E-state index contributed by atoms with van der Waals surface area (Å²) in [4.78, 5) is 35.9. The van der Waals surface area contributed by atoms with Crippen LogP contribution in [0.25, 0.3) is 0 Å². The molecule has 1 saturated heterocycles. The van der Waals surface area contributed by atoms with Gasteiger partial charge in [-0.05, 0) is 26.0 Å². The second-order valence-electron chi connectivity index (χ2n) is 4.27. The standard InChI is InChI=1S/C12H18N2O4S/c1-8(9(2)11(16)17)10(15)13-12(18)14-4-3-6-19-7-5-14/h3-7H2,1-2H3,(H,16,17)(H,13,15,18). The van der Waals surface area contributed by atoms with Gasteiger partial charge in [0, 0.05) is 30.0 Å². The van der Waals surface area contributed by atoms with E-state index in [4.69, 9.17) is 5.11 Å². The summed E-state index contributed by atoms with van der Waals surface area (Å²) < 4.78 is 0. The van der Waals surface area contributed by atoms with Crippen LogP contribution in [0.5, 0.6) is 0 Å². The monoisotopic (exact) mass is 286 g/mol. The van der Waals surface area contributed by atoms with Crippen LogP contribution in [0.1, 0.15) is 20.3 Å². The van der Waals surface area contributed by atoms with Gasteiger partial charge in [-0.2, -0.15) is 11.8 Å². The first-order valence-corrected chi connectivity index (χ1v) is 7.17. The fraction of sp³-hybridized carbons (Fsp3) is 0.583. The smallest absolute Gasteiger partial charge is 0.331 e. The van der Waals surface area contributed by atoms with E-state index >= 15 is 0 Å². The SMILES string of the molecule is CC(C(=O)O)=C(C)C(=O)NC(=O)N1CCCSCC1. The molecule has 0 radical (unpaired) electrons. The van der Waals surface area contributed by atoms with Gasteiger partial charge in [0.25, 0.3) is 5.91 Å². The Morgan fingerprint density at radius 3 is 2.42 bits per heavy atom. The number of amides is 3. The molecule has 0 bridgehead atoms. The van der Waals surface area contributed by atoms with Crippen LogP contribution in [-0.4, -0.2) is 52.5 Å². The van der Waals surface area contributed by atoms with Crippen molar-refractivity contribution in [3.63, 3.8) is 0 Å². The molecule has 0 aromatic carbocycles. The van der Waals surface area contributed by atoms with E-state index in [1.807, 2.05) is 0 Å². The Balaban J connectivity index is 2.63. The Kier molecular flexibility index (Phi) is 5.88. The summed E-state index contributed by atoms with van der Waals surface area (Å²) in [5, 5.41) is 11.0. The first-order valence-electron chi connectivity index (χ1n) is 6.02. The molecule has 1 aliphatic heterocycles. The Morgan fingerprint density at radius 1 is 1.11 bits per heavy atom. The van der Waals surface area contributed by atoms with Crippen molar-refractivity contribution in [2.75, 3.05) is 24.6 Å². The number of nitrogens with one attached hydrogen (secondary N) is 1. The molecule has 0 aromatic heterocycles. The zero-order valence-electron chi connectivity index (χ0n) is 11.1. The van der Waals surface area contributed by atoms with E-state index in [0.29, 0.717) is 13.1 Å². The molecule has 1 aliphatic rings. The number of aliphatic carboxylic acids is 1. The number of nitrogens with zero attached hydrogens (tertiary/aromatic N) is 1. The van der Waals surface area contributed by atoms with Gasteiger partial charge in [0.2, 0.25) is 0 Å². The molecule has 6 nitrogen and oxygen atoms in total. The maximum Gasteiger partial charge on any atom is 0.331 e. The van der Waals surface area contributed by atoms with E-state index in [1.54, 1.807) is 16.7 Å². The lowest BCUT2D eigenvalue weighted by Gasteiger charge is -2.20. The number of urea groups is 1. The minimum atomic E-state index is -1.16. The van der Waals surface area contributed by atoms with Crippen LogP contribution in [0.4, 0.5) is 4.79 Å². The fourth-order valence-electron chi connectivity index (χ4n) is 1.55. The molecule has 0 aromatic rings. The predicted molar refractivity (Wildman–Crippen MR) is 73.1 cm³/mol. The van der Waals surface area contributed by atoms with E-state index in [0.717, 1.165) is 17.9 Å². The Morgan fingerprint density at radius 2 is 1.79 bits per heavy atom. The number of imide groups is 1. The average molecular weight is 286 g/mol. The maximum absolute atomic E-state index is 11.9. The van der Waals surface area contributed by atoms with Crippen LogP contribution in [0, 0.1) is 0 Å². The lowest BCUT2D eigenvalue weighted by atomic mass is 10.1. The van der Waals surface area contributed by atoms with Gasteiger partial charge < -0.3 is 10.0 Å². The number of carboxylic acid groups (broad SMARTS) is 1. The maximum atomic E-state index is 11.9. The van der Waals surface area contributed by atoms with E-state index < -0.39 is 17.9 Å². The predicted octanol–water partition coefficient (Wildman–Crippen LogP) is 1.08. The molecule has 0 spiro atoms. The first kappa shape index (κ1) is 15.6. The lowest BCUT2D eigenvalue weighted by Crippen LogP contribution is -2.44. The van der Waals surface area contributed by atoms with Crippen molar-refractivity contribution >= 4 is 29.7 Å². The topological polar surface area (TPSA) is 86.7 Å². The van der Waals surface area contributed by atoms with Gasteiger partial charge >= 0.3 is 12.0 Å². The Bertz CT molecular complexity index is 412. The molecule has 7 heteroatoms. The van der Waals surface area contributed by atoms with Crippen molar-refractivity contribution in [2.45, 2.75) is 20.3 Å². The van der Waals surface area contributed by atoms with Gasteiger partial charge in [-0.15, -0.1) is 0 Å². The third-order valence-corrected chi connectivity index (χ3v) is 4.00. The number of carboxylic acids is 1. The quantitative estimate of drug-likeness (QED) is 0.742. The van der Waals surface area contributed by atoms with Crippen molar-refractivity contribution < 1.29 is 19.5 Å². The summed E-state index contributed by atoms with van der Waals surface area (Å²) in [5.41, 5.74) is -0.0123. The molecule has 1 rings (SSSR count).